The number of hydrogen-bond acceptors (Lipinski definition) is 4. The smallest absolute Gasteiger partial charge is 0.225 e. The lowest BCUT2D eigenvalue weighted by molar-refractivity contribution is -0.125. The molecule has 1 unspecified atom stereocenters. The molecule has 3 aromatic rings. The van der Waals surface area contributed by atoms with Crippen molar-refractivity contribution >= 4 is 11.9 Å². The SMILES string of the molecule is Cc1cccc(CNC(=O)C2CCCN(c3ncc(-c4cccc(F)c4)cn3)C2)c1. The fourth-order valence-corrected chi connectivity index (χ4v) is 3.83. The molecule has 0 saturated carbocycles. The van der Waals surface area contributed by atoms with Crippen molar-refractivity contribution in [1.82, 2.24) is 15.3 Å². The van der Waals surface area contributed by atoms with Crippen LogP contribution in [0.5, 0.6) is 0 Å². The number of nitrogens with one attached hydrogen (secondary N) is 1. The number of amides is 1. The van der Waals surface area contributed by atoms with Gasteiger partial charge in [-0.2, -0.15) is 0 Å². The van der Waals surface area contributed by atoms with Gasteiger partial charge in [-0.3, -0.25) is 4.79 Å². The molecule has 1 aliphatic heterocycles. The van der Waals surface area contributed by atoms with E-state index in [9.17, 15) is 9.18 Å². The molecular formula is C24H25FN4O. The number of halogens is 1. The molecule has 0 bridgehead atoms. The topological polar surface area (TPSA) is 58.1 Å². The van der Waals surface area contributed by atoms with Crippen molar-refractivity contribution in [3.8, 4) is 11.1 Å². The van der Waals surface area contributed by atoms with Crippen molar-refractivity contribution in [2.24, 2.45) is 5.92 Å². The van der Waals surface area contributed by atoms with E-state index in [1.807, 2.05) is 31.2 Å². The number of rotatable bonds is 5. The zero-order valence-electron chi connectivity index (χ0n) is 17.0. The minimum absolute atomic E-state index is 0.0672. The second kappa shape index (κ2) is 9.03. The van der Waals surface area contributed by atoms with Crippen LogP contribution in [0.2, 0.25) is 0 Å². The summed E-state index contributed by atoms with van der Waals surface area (Å²) in [5, 5.41) is 3.06. The van der Waals surface area contributed by atoms with Crippen molar-refractivity contribution in [2.45, 2.75) is 26.3 Å². The number of aromatic nitrogens is 2. The van der Waals surface area contributed by atoms with Crippen LogP contribution in [-0.2, 0) is 11.3 Å². The summed E-state index contributed by atoms with van der Waals surface area (Å²) in [5.41, 5.74) is 3.80. The maximum absolute atomic E-state index is 13.4. The monoisotopic (exact) mass is 404 g/mol. The lowest BCUT2D eigenvalue weighted by Gasteiger charge is -2.32. The lowest BCUT2D eigenvalue weighted by atomic mass is 9.97. The summed E-state index contributed by atoms with van der Waals surface area (Å²) < 4.78 is 13.4. The molecule has 1 fully saturated rings. The maximum Gasteiger partial charge on any atom is 0.225 e. The average molecular weight is 404 g/mol. The first kappa shape index (κ1) is 20.0. The Morgan fingerprint density at radius 2 is 1.93 bits per heavy atom. The third-order valence-electron chi connectivity index (χ3n) is 5.42. The molecule has 1 aliphatic rings. The number of benzene rings is 2. The van der Waals surface area contributed by atoms with Crippen LogP contribution in [0.4, 0.5) is 10.3 Å². The van der Waals surface area contributed by atoms with E-state index in [4.69, 9.17) is 0 Å². The Morgan fingerprint density at radius 1 is 1.13 bits per heavy atom. The van der Waals surface area contributed by atoms with Gasteiger partial charge >= 0.3 is 0 Å². The van der Waals surface area contributed by atoms with Gasteiger partial charge in [0.1, 0.15) is 5.82 Å². The highest BCUT2D eigenvalue weighted by molar-refractivity contribution is 5.79. The van der Waals surface area contributed by atoms with Crippen LogP contribution >= 0.6 is 0 Å². The van der Waals surface area contributed by atoms with E-state index < -0.39 is 0 Å². The molecule has 30 heavy (non-hydrogen) atoms. The van der Waals surface area contributed by atoms with Gasteiger partial charge < -0.3 is 10.2 Å². The first-order valence-electron chi connectivity index (χ1n) is 10.2. The molecule has 154 valence electrons. The van der Waals surface area contributed by atoms with Gasteiger partial charge in [0, 0.05) is 37.6 Å². The molecule has 1 amide bonds. The van der Waals surface area contributed by atoms with E-state index in [1.165, 1.54) is 17.7 Å². The molecule has 4 rings (SSSR count). The summed E-state index contributed by atoms with van der Waals surface area (Å²) in [6.45, 7) is 4.00. The van der Waals surface area contributed by atoms with Gasteiger partial charge in [-0.25, -0.2) is 14.4 Å². The quantitative estimate of drug-likeness (QED) is 0.695. The van der Waals surface area contributed by atoms with Gasteiger partial charge in [-0.1, -0.05) is 42.0 Å². The third-order valence-corrected chi connectivity index (χ3v) is 5.42. The highest BCUT2D eigenvalue weighted by Gasteiger charge is 2.27. The van der Waals surface area contributed by atoms with E-state index in [1.54, 1.807) is 18.5 Å². The fourth-order valence-electron chi connectivity index (χ4n) is 3.83. The van der Waals surface area contributed by atoms with E-state index in [0.717, 1.165) is 36.1 Å². The summed E-state index contributed by atoms with van der Waals surface area (Å²) in [6.07, 6.45) is 5.19. The van der Waals surface area contributed by atoms with E-state index in [2.05, 4.69) is 26.3 Å². The maximum atomic E-state index is 13.4. The number of carbonyl (C=O) groups excluding carboxylic acids is 1. The molecule has 6 heteroatoms. The Bertz CT molecular complexity index is 1020. The minimum atomic E-state index is -0.285. The molecule has 0 aliphatic carbocycles. The number of nitrogens with zero attached hydrogens (tertiary/aromatic N) is 3. The molecule has 1 N–H and O–H groups in total. The summed E-state index contributed by atoms with van der Waals surface area (Å²) in [7, 11) is 0. The number of hydrogen-bond donors (Lipinski definition) is 1. The van der Waals surface area contributed by atoms with E-state index in [0.29, 0.717) is 19.0 Å². The van der Waals surface area contributed by atoms with Crippen LogP contribution in [0.3, 0.4) is 0 Å². The first-order chi connectivity index (χ1) is 14.6. The normalized spacial score (nSPS) is 16.3. The van der Waals surface area contributed by atoms with Gasteiger partial charge in [0.15, 0.2) is 0 Å². The highest BCUT2D eigenvalue weighted by atomic mass is 19.1. The zero-order valence-corrected chi connectivity index (χ0v) is 17.0. The molecule has 1 atom stereocenters. The third kappa shape index (κ3) is 4.82. The van der Waals surface area contributed by atoms with Gasteiger partial charge in [-0.15, -0.1) is 0 Å². The molecule has 1 saturated heterocycles. The molecule has 1 aromatic heterocycles. The highest BCUT2D eigenvalue weighted by Crippen LogP contribution is 2.23. The van der Waals surface area contributed by atoms with Crippen molar-refractivity contribution in [2.75, 3.05) is 18.0 Å². The van der Waals surface area contributed by atoms with E-state index in [-0.39, 0.29) is 17.6 Å². The van der Waals surface area contributed by atoms with E-state index >= 15 is 0 Å². The van der Waals surface area contributed by atoms with Crippen molar-refractivity contribution < 1.29 is 9.18 Å². The van der Waals surface area contributed by atoms with Crippen molar-refractivity contribution in [1.29, 1.82) is 0 Å². The van der Waals surface area contributed by atoms with Crippen LogP contribution < -0.4 is 10.2 Å². The summed E-state index contributed by atoms with van der Waals surface area (Å²) in [6, 6.07) is 14.5. The number of piperidine rings is 1. The molecule has 2 heterocycles. The zero-order chi connectivity index (χ0) is 20.9. The first-order valence-corrected chi connectivity index (χ1v) is 10.2. The Hall–Kier alpha value is -3.28. The Kier molecular flexibility index (Phi) is 6.02. The van der Waals surface area contributed by atoms with Gasteiger partial charge in [0.2, 0.25) is 11.9 Å². The number of anilines is 1. The van der Waals surface area contributed by atoms with Crippen LogP contribution in [0.15, 0.2) is 60.9 Å². The molecule has 0 spiro atoms. The van der Waals surface area contributed by atoms with Crippen LogP contribution in [0.25, 0.3) is 11.1 Å². The second-order valence-electron chi connectivity index (χ2n) is 7.77. The summed E-state index contributed by atoms with van der Waals surface area (Å²) in [5.74, 6) is 0.297. The second-order valence-corrected chi connectivity index (χ2v) is 7.77. The molecule has 0 radical (unpaired) electrons. The standard InChI is InChI=1S/C24H25FN4O/c1-17-5-2-6-18(11-17)13-26-23(30)20-8-4-10-29(16-20)24-27-14-21(15-28-24)19-7-3-9-22(25)12-19/h2-3,5-7,9,11-12,14-15,20H,4,8,10,13,16H2,1H3,(H,26,30). The largest absolute Gasteiger partial charge is 0.352 e. The number of aryl methyl sites for hydroxylation is 1. The fraction of sp³-hybridized carbons (Fsp3) is 0.292. The Morgan fingerprint density at radius 3 is 2.70 bits per heavy atom. The van der Waals surface area contributed by atoms with Crippen molar-refractivity contribution in [3.63, 3.8) is 0 Å². The van der Waals surface area contributed by atoms with Crippen LogP contribution in [0, 0.1) is 18.7 Å². The Labute approximate surface area is 176 Å². The summed E-state index contributed by atoms with van der Waals surface area (Å²) in [4.78, 5) is 23.7. The summed E-state index contributed by atoms with van der Waals surface area (Å²) >= 11 is 0. The van der Waals surface area contributed by atoms with Gasteiger partial charge in [-0.05, 0) is 43.0 Å². The predicted molar refractivity (Wildman–Crippen MR) is 115 cm³/mol. The van der Waals surface area contributed by atoms with Gasteiger partial charge in [0.25, 0.3) is 0 Å². The Balaban J connectivity index is 1.38. The van der Waals surface area contributed by atoms with Crippen LogP contribution in [-0.4, -0.2) is 29.0 Å². The van der Waals surface area contributed by atoms with Crippen LogP contribution in [0.1, 0.15) is 24.0 Å². The molecular weight excluding hydrogens is 379 g/mol. The minimum Gasteiger partial charge on any atom is -0.352 e. The van der Waals surface area contributed by atoms with Crippen molar-refractivity contribution in [3.05, 3.63) is 77.9 Å². The average Bonchev–Trinajstić information content (AvgIpc) is 2.78. The predicted octanol–water partition coefficient (Wildman–Crippen LogP) is 4.12. The lowest BCUT2D eigenvalue weighted by Crippen LogP contribution is -2.43. The number of carbonyl (C=O) groups is 1. The molecule has 5 nitrogen and oxygen atoms in total. The molecule has 2 aromatic carbocycles. The van der Waals surface area contributed by atoms with Gasteiger partial charge in [0.05, 0.1) is 5.92 Å².